The van der Waals surface area contributed by atoms with E-state index in [1.165, 1.54) is 12.1 Å². The van der Waals surface area contributed by atoms with E-state index in [9.17, 15) is 13.2 Å². The number of carbonyl (C=O) groups is 1. The van der Waals surface area contributed by atoms with Crippen LogP contribution in [0.25, 0.3) is 0 Å². The summed E-state index contributed by atoms with van der Waals surface area (Å²) in [5.74, 6) is -0.262. The lowest BCUT2D eigenvalue weighted by Crippen LogP contribution is -2.29. The van der Waals surface area contributed by atoms with Gasteiger partial charge in [0.15, 0.2) is 0 Å². The molecule has 2 N–H and O–H groups in total. The number of benzene rings is 3. The van der Waals surface area contributed by atoms with Crippen molar-refractivity contribution < 1.29 is 13.2 Å². The van der Waals surface area contributed by atoms with Gasteiger partial charge in [-0.05, 0) is 48.2 Å². The van der Waals surface area contributed by atoms with Crippen molar-refractivity contribution in [3.63, 3.8) is 0 Å². The summed E-state index contributed by atoms with van der Waals surface area (Å²) in [5.41, 5.74) is 2.35. The van der Waals surface area contributed by atoms with Crippen LogP contribution in [0, 0.1) is 0 Å². The lowest BCUT2D eigenvalue weighted by Gasteiger charge is -2.20. The summed E-state index contributed by atoms with van der Waals surface area (Å²) in [5, 5.41) is 3.06. The second kappa shape index (κ2) is 8.19. The molecule has 4 rings (SSSR count). The lowest BCUT2D eigenvalue weighted by atomic mass is 9.98. The fraction of sp³-hybridized carbons (Fsp3) is 0.174. The van der Waals surface area contributed by atoms with E-state index in [0.717, 1.165) is 24.0 Å². The Kier molecular flexibility index (Phi) is 5.47. The van der Waals surface area contributed by atoms with Crippen molar-refractivity contribution >= 4 is 15.9 Å². The van der Waals surface area contributed by atoms with Crippen molar-refractivity contribution in [3.8, 4) is 0 Å². The summed E-state index contributed by atoms with van der Waals surface area (Å²) in [6.45, 7) is 0. The van der Waals surface area contributed by atoms with Crippen LogP contribution in [0.2, 0.25) is 0 Å². The molecule has 0 radical (unpaired) electrons. The normalized spacial score (nSPS) is 14.0. The quantitative estimate of drug-likeness (QED) is 0.629. The van der Waals surface area contributed by atoms with Gasteiger partial charge in [-0.1, -0.05) is 60.7 Å². The van der Waals surface area contributed by atoms with Crippen molar-refractivity contribution in [3.05, 3.63) is 102 Å². The maximum Gasteiger partial charge on any atom is 0.252 e. The molecule has 3 aromatic rings. The molecule has 0 saturated heterocycles. The third-order valence-electron chi connectivity index (χ3n) is 4.87. The number of hydrogen-bond donors (Lipinski definition) is 2. The van der Waals surface area contributed by atoms with Crippen LogP contribution < -0.4 is 10.0 Å². The number of carbonyl (C=O) groups excluding carboxylic acids is 1. The molecule has 148 valence electrons. The summed E-state index contributed by atoms with van der Waals surface area (Å²) < 4.78 is 27.2. The van der Waals surface area contributed by atoms with Crippen molar-refractivity contribution in [2.75, 3.05) is 0 Å². The number of nitrogens with one attached hydrogen (secondary N) is 2. The molecule has 3 aromatic carbocycles. The first-order chi connectivity index (χ1) is 14.0. The number of rotatable bonds is 7. The second-order valence-corrected chi connectivity index (χ2v) is 8.86. The highest BCUT2D eigenvalue weighted by Crippen LogP contribution is 2.24. The summed E-state index contributed by atoms with van der Waals surface area (Å²) in [7, 11) is -3.53. The highest BCUT2D eigenvalue weighted by atomic mass is 32.2. The van der Waals surface area contributed by atoms with Crippen molar-refractivity contribution in [2.45, 2.75) is 29.8 Å². The number of hydrogen-bond acceptors (Lipinski definition) is 3. The zero-order chi connectivity index (χ0) is 20.3. The Balaban J connectivity index is 1.55. The van der Waals surface area contributed by atoms with Crippen LogP contribution in [0.15, 0.2) is 89.8 Å². The van der Waals surface area contributed by atoms with Gasteiger partial charge in [-0.3, -0.25) is 4.79 Å². The molecule has 0 spiro atoms. The molecule has 0 aromatic heterocycles. The minimum Gasteiger partial charge on any atom is -0.341 e. The van der Waals surface area contributed by atoms with Crippen molar-refractivity contribution in [2.24, 2.45) is 0 Å². The largest absolute Gasteiger partial charge is 0.341 e. The predicted molar refractivity (Wildman–Crippen MR) is 112 cm³/mol. The topological polar surface area (TPSA) is 75.3 Å². The highest BCUT2D eigenvalue weighted by Gasteiger charge is 2.28. The van der Waals surface area contributed by atoms with Gasteiger partial charge in [0.05, 0.1) is 10.9 Å². The standard InChI is InChI=1S/C23H22N2O3S/c26-23(19-11-15-21(16-12-19)29(27,28)25-20-13-14-20)24-22(17-7-3-1-4-8-17)18-9-5-2-6-10-18/h1-12,15-16,20,22,25H,13-14H2,(H,24,26). The summed E-state index contributed by atoms with van der Waals surface area (Å²) >= 11 is 0. The Bertz CT molecular complexity index is 1040. The van der Waals surface area contributed by atoms with Crippen LogP contribution in [0.3, 0.4) is 0 Å². The molecule has 5 nitrogen and oxygen atoms in total. The van der Waals surface area contributed by atoms with Crippen LogP contribution in [0.5, 0.6) is 0 Å². The summed E-state index contributed by atoms with van der Waals surface area (Å²) in [6.07, 6.45) is 1.75. The van der Waals surface area contributed by atoms with E-state index < -0.39 is 10.0 Å². The van der Waals surface area contributed by atoms with Crippen LogP contribution in [-0.2, 0) is 10.0 Å². The Morgan fingerprint density at radius 2 is 1.31 bits per heavy atom. The van der Waals surface area contributed by atoms with E-state index in [1.54, 1.807) is 12.1 Å². The van der Waals surface area contributed by atoms with Gasteiger partial charge in [0.1, 0.15) is 0 Å². The molecule has 1 aliphatic carbocycles. The van der Waals surface area contributed by atoms with Crippen LogP contribution >= 0.6 is 0 Å². The third kappa shape index (κ3) is 4.72. The average molecular weight is 407 g/mol. The number of sulfonamides is 1. The maximum absolute atomic E-state index is 12.9. The van der Waals surface area contributed by atoms with Crippen LogP contribution in [0.1, 0.15) is 40.4 Å². The van der Waals surface area contributed by atoms with Gasteiger partial charge >= 0.3 is 0 Å². The lowest BCUT2D eigenvalue weighted by molar-refractivity contribution is 0.0943. The van der Waals surface area contributed by atoms with E-state index in [2.05, 4.69) is 10.0 Å². The van der Waals surface area contributed by atoms with E-state index in [0.29, 0.717) is 5.56 Å². The molecule has 1 amide bonds. The molecule has 0 unspecified atom stereocenters. The minimum absolute atomic E-state index is 0.0421. The maximum atomic E-state index is 12.9. The van der Waals surface area contributed by atoms with Gasteiger partial charge in [0.25, 0.3) is 5.91 Å². The summed E-state index contributed by atoms with van der Waals surface area (Å²) in [4.78, 5) is 13.0. The average Bonchev–Trinajstić information content (AvgIpc) is 3.56. The fourth-order valence-electron chi connectivity index (χ4n) is 3.14. The Labute approximate surface area is 170 Å². The first kappa shape index (κ1) is 19.4. The summed E-state index contributed by atoms with van der Waals surface area (Å²) in [6, 6.07) is 25.3. The Hall–Kier alpha value is -2.96. The third-order valence-corrected chi connectivity index (χ3v) is 6.40. The van der Waals surface area contributed by atoms with Gasteiger partial charge in [0, 0.05) is 11.6 Å². The monoisotopic (exact) mass is 406 g/mol. The Morgan fingerprint density at radius 1 is 0.793 bits per heavy atom. The molecule has 0 aliphatic heterocycles. The molecule has 1 fully saturated rings. The molecule has 1 aliphatic rings. The van der Waals surface area contributed by atoms with E-state index in [-0.39, 0.29) is 22.9 Å². The molecule has 6 heteroatoms. The predicted octanol–water partition coefficient (Wildman–Crippen LogP) is 3.65. The molecular weight excluding hydrogens is 384 g/mol. The zero-order valence-corrected chi connectivity index (χ0v) is 16.6. The van der Waals surface area contributed by atoms with Crippen LogP contribution in [-0.4, -0.2) is 20.4 Å². The molecule has 0 atom stereocenters. The molecule has 0 bridgehead atoms. The van der Waals surface area contributed by atoms with E-state index in [1.807, 2.05) is 60.7 Å². The molecule has 1 saturated carbocycles. The fourth-order valence-corrected chi connectivity index (χ4v) is 4.44. The number of amides is 1. The van der Waals surface area contributed by atoms with Gasteiger partial charge < -0.3 is 5.32 Å². The first-order valence-electron chi connectivity index (χ1n) is 9.56. The van der Waals surface area contributed by atoms with Crippen molar-refractivity contribution in [1.29, 1.82) is 0 Å². The van der Waals surface area contributed by atoms with E-state index >= 15 is 0 Å². The second-order valence-electron chi connectivity index (χ2n) is 7.15. The molecule has 0 heterocycles. The van der Waals surface area contributed by atoms with Gasteiger partial charge in [0.2, 0.25) is 10.0 Å². The SMILES string of the molecule is O=C(NC(c1ccccc1)c1ccccc1)c1ccc(S(=O)(=O)NC2CC2)cc1. The van der Waals surface area contributed by atoms with Gasteiger partial charge in [-0.2, -0.15) is 0 Å². The van der Waals surface area contributed by atoms with Crippen LogP contribution in [0.4, 0.5) is 0 Å². The van der Waals surface area contributed by atoms with E-state index in [4.69, 9.17) is 0 Å². The highest BCUT2D eigenvalue weighted by molar-refractivity contribution is 7.89. The first-order valence-corrected chi connectivity index (χ1v) is 11.0. The van der Waals surface area contributed by atoms with Gasteiger partial charge in [-0.25, -0.2) is 13.1 Å². The Morgan fingerprint density at radius 3 is 1.79 bits per heavy atom. The van der Waals surface area contributed by atoms with Crippen molar-refractivity contribution in [1.82, 2.24) is 10.0 Å². The molecule has 29 heavy (non-hydrogen) atoms. The smallest absolute Gasteiger partial charge is 0.252 e. The molecular formula is C23H22N2O3S. The minimum atomic E-state index is -3.53. The van der Waals surface area contributed by atoms with Gasteiger partial charge in [-0.15, -0.1) is 0 Å². The zero-order valence-electron chi connectivity index (χ0n) is 15.8.